The van der Waals surface area contributed by atoms with E-state index in [4.69, 9.17) is 17.2 Å². The summed E-state index contributed by atoms with van der Waals surface area (Å²) in [5, 5.41) is 0. The summed E-state index contributed by atoms with van der Waals surface area (Å²) in [6.07, 6.45) is 3.61. The molecule has 0 aromatic heterocycles. The van der Waals surface area contributed by atoms with Crippen LogP contribution >= 0.6 is 0 Å². The van der Waals surface area contributed by atoms with Gasteiger partial charge >= 0.3 is 0 Å². The topological polar surface area (TPSA) is 95.1 Å². The van der Waals surface area contributed by atoms with Crippen LogP contribution in [-0.4, -0.2) is 23.9 Å². The summed E-state index contributed by atoms with van der Waals surface area (Å²) in [6.45, 7) is 6.18. The van der Waals surface area contributed by atoms with Gasteiger partial charge in [0.15, 0.2) is 5.78 Å². The van der Waals surface area contributed by atoms with E-state index < -0.39 is 11.5 Å². The monoisotopic (exact) mass is 237 g/mol. The highest BCUT2D eigenvalue weighted by Gasteiger charge is 2.53. The fraction of sp³-hybridized carbons (Fsp3) is 0.769. The number of ketones is 1. The zero-order valence-electron chi connectivity index (χ0n) is 10.9. The van der Waals surface area contributed by atoms with E-state index >= 15 is 0 Å². The first kappa shape index (κ1) is 12.7. The minimum Gasteiger partial charge on any atom is -0.327 e. The predicted molar refractivity (Wildman–Crippen MR) is 68.1 cm³/mol. The minimum atomic E-state index is -0.575. The maximum Gasteiger partial charge on any atom is 0.161 e. The molecule has 0 aromatic rings. The molecule has 4 unspecified atom stereocenters. The number of nitrogens with two attached hydrogens (primary N) is 3. The first-order valence-corrected chi connectivity index (χ1v) is 6.25. The molecule has 96 valence electrons. The Hall–Kier alpha value is -0.710. The average molecular weight is 237 g/mol. The third kappa shape index (κ3) is 1.58. The van der Waals surface area contributed by atoms with Crippen molar-refractivity contribution in [3.8, 4) is 0 Å². The molecule has 4 atom stereocenters. The lowest BCUT2D eigenvalue weighted by atomic mass is 9.54. The summed E-state index contributed by atoms with van der Waals surface area (Å²) in [5.74, 6) is 0.0717. The summed E-state index contributed by atoms with van der Waals surface area (Å²) >= 11 is 0. The molecule has 2 rings (SSSR count). The molecule has 0 aliphatic heterocycles. The van der Waals surface area contributed by atoms with Gasteiger partial charge in [-0.15, -0.1) is 0 Å². The van der Waals surface area contributed by atoms with E-state index in [1.54, 1.807) is 0 Å². The maximum atomic E-state index is 12.4. The third-order valence-corrected chi connectivity index (χ3v) is 4.79. The molecule has 4 nitrogen and oxygen atoms in total. The van der Waals surface area contributed by atoms with Gasteiger partial charge in [-0.2, -0.15) is 0 Å². The summed E-state index contributed by atoms with van der Waals surface area (Å²) in [7, 11) is 0. The summed E-state index contributed by atoms with van der Waals surface area (Å²) in [6, 6.07) is -0.875. The van der Waals surface area contributed by atoms with Crippen LogP contribution in [0.25, 0.3) is 0 Å². The molecule has 0 aromatic carbocycles. The highest BCUT2D eigenvalue weighted by molar-refractivity contribution is 5.94. The van der Waals surface area contributed by atoms with E-state index in [1.165, 1.54) is 0 Å². The van der Waals surface area contributed by atoms with Crippen LogP contribution in [0, 0.1) is 10.8 Å². The van der Waals surface area contributed by atoms with Gasteiger partial charge in [-0.25, -0.2) is 0 Å². The normalized spacial score (nSPS) is 45.2. The fourth-order valence-electron chi connectivity index (χ4n) is 3.34. The van der Waals surface area contributed by atoms with Crippen molar-refractivity contribution in [2.45, 2.75) is 51.7 Å². The number of carbonyl (C=O) groups is 1. The van der Waals surface area contributed by atoms with Gasteiger partial charge in [0, 0.05) is 22.9 Å². The molecule has 2 aliphatic rings. The van der Waals surface area contributed by atoms with Crippen LogP contribution in [0.3, 0.4) is 0 Å². The zero-order chi connectivity index (χ0) is 13.0. The van der Waals surface area contributed by atoms with Crippen LogP contribution in [0.5, 0.6) is 0 Å². The summed E-state index contributed by atoms with van der Waals surface area (Å²) in [5.41, 5.74) is 18.4. The molecule has 1 saturated carbocycles. The number of hydrogen-bond donors (Lipinski definition) is 3. The molecule has 0 radical (unpaired) electrons. The summed E-state index contributed by atoms with van der Waals surface area (Å²) in [4.78, 5) is 12.4. The lowest BCUT2D eigenvalue weighted by molar-refractivity contribution is -0.130. The van der Waals surface area contributed by atoms with E-state index in [2.05, 4.69) is 13.8 Å². The van der Waals surface area contributed by atoms with Gasteiger partial charge in [-0.05, 0) is 19.8 Å². The number of rotatable bonds is 0. The number of Topliss-reactive ketones (excluding diaryl/α,β-unsaturated/α-hetero) is 1. The second kappa shape index (κ2) is 3.64. The molecular weight excluding hydrogens is 214 g/mol. The van der Waals surface area contributed by atoms with Crippen LogP contribution in [-0.2, 0) is 4.79 Å². The molecule has 1 fully saturated rings. The van der Waals surface area contributed by atoms with E-state index in [1.807, 2.05) is 13.0 Å². The molecule has 2 aliphatic carbocycles. The van der Waals surface area contributed by atoms with Gasteiger partial charge in [0.05, 0.1) is 6.04 Å². The van der Waals surface area contributed by atoms with Crippen LogP contribution in [0.1, 0.15) is 33.6 Å². The Balaban J connectivity index is 2.55. The van der Waals surface area contributed by atoms with Crippen LogP contribution in [0.2, 0.25) is 0 Å². The van der Waals surface area contributed by atoms with Crippen molar-refractivity contribution in [3.05, 3.63) is 11.6 Å². The SMILES string of the molecule is CC12CCC(N)C(C)(C)C1=CC(N)C(N)C2=O. The molecule has 0 bridgehead atoms. The van der Waals surface area contributed by atoms with Gasteiger partial charge in [0.2, 0.25) is 0 Å². The van der Waals surface area contributed by atoms with Crippen molar-refractivity contribution < 1.29 is 4.79 Å². The first-order chi connectivity index (χ1) is 7.71. The fourth-order valence-corrected chi connectivity index (χ4v) is 3.34. The van der Waals surface area contributed by atoms with Crippen LogP contribution in [0.4, 0.5) is 0 Å². The van der Waals surface area contributed by atoms with E-state index in [0.717, 1.165) is 18.4 Å². The highest BCUT2D eigenvalue weighted by Crippen LogP contribution is 2.52. The van der Waals surface area contributed by atoms with Crippen molar-refractivity contribution in [1.82, 2.24) is 0 Å². The van der Waals surface area contributed by atoms with Gasteiger partial charge in [-0.1, -0.05) is 25.5 Å². The minimum absolute atomic E-state index is 0.0717. The van der Waals surface area contributed by atoms with Crippen molar-refractivity contribution in [2.24, 2.45) is 28.0 Å². The smallest absolute Gasteiger partial charge is 0.161 e. The van der Waals surface area contributed by atoms with Crippen molar-refractivity contribution in [1.29, 1.82) is 0 Å². The molecule has 17 heavy (non-hydrogen) atoms. The Kier molecular flexibility index (Phi) is 2.73. The maximum absolute atomic E-state index is 12.4. The number of carbonyl (C=O) groups excluding carboxylic acids is 1. The molecule has 0 saturated heterocycles. The Morgan fingerprint density at radius 1 is 1.24 bits per heavy atom. The standard InChI is InChI=1S/C13H23N3O/c1-12(2)8-6-7(14)10(16)11(17)13(8,3)5-4-9(12)15/h6-7,9-10H,4-5,14-16H2,1-3H3. The predicted octanol–water partition coefficient (Wildman–Crippen LogP) is 0.304. The quantitative estimate of drug-likeness (QED) is 0.528. The van der Waals surface area contributed by atoms with E-state index in [0.29, 0.717) is 0 Å². The van der Waals surface area contributed by atoms with E-state index in [-0.39, 0.29) is 23.3 Å². The van der Waals surface area contributed by atoms with Crippen LogP contribution < -0.4 is 17.2 Å². The number of fused-ring (bicyclic) bond motifs is 1. The number of hydrogen-bond acceptors (Lipinski definition) is 4. The molecule has 0 spiro atoms. The zero-order valence-corrected chi connectivity index (χ0v) is 10.9. The average Bonchev–Trinajstić information content (AvgIpc) is 2.26. The molecule has 0 heterocycles. The Bertz CT molecular complexity index is 388. The van der Waals surface area contributed by atoms with Gasteiger partial charge < -0.3 is 17.2 Å². The molecule has 0 amide bonds. The first-order valence-electron chi connectivity index (χ1n) is 6.25. The Morgan fingerprint density at radius 2 is 1.82 bits per heavy atom. The largest absolute Gasteiger partial charge is 0.327 e. The Morgan fingerprint density at radius 3 is 2.41 bits per heavy atom. The molecular formula is C13H23N3O. The lowest BCUT2D eigenvalue weighted by Crippen LogP contribution is -2.61. The molecule has 6 N–H and O–H groups in total. The van der Waals surface area contributed by atoms with Crippen LogP contribution in [0.15, 0.2) is 11.6 Å². The van der Waals surface area contributed by atoms with Crippen molar-refractivity contribution >= 4 is 5.78 Å². The van der Waals surface area contributed by atoms with Crippen molar-refractivity contribution in [2.75, 3.05) is 0 Å². The van der Waals surface area contributed by atoms with Crippen molar-refractivity contribution in [3.63, 3.8) is 0 Å². The summed E-state index contributed by atoms with van der Waals surface area (Å²) < 4.78 is 0. The van der Waals surface area contributed by atoms with Gasteiger partial charge in [0.1, 0.15) is 0 Å². The third-order valence-electron chi connectivity index (χ3n) is 4.79. The van der Waals surface area contributed by atoms with Gasteiger partial charge in [0.25, 0.3) is 0 Å². The highest BCUT2D eigenvalue weighted by atomic mass is 16.1. The second-order valence-corrected chi connectivity index (χ2v) is 6.25. The van der Waals surface area contributed by atoms with E-state index in [9.17, 15) is 4.79 Å². The van der Waals surface area contributed by atoms with Gasteiger partial charge in [-0.3, -0.25) is 4.79 Å². The lowest BCUT2D eigenvalue weighted by Gasteiger charge is -2.52. The second-order valence-electron chi connectivity index (χ2n) is 6.25. The molecule has 4 heteroatoms. The Labute approximate surface area is 103 Å².